The van der Waals surface area contributed by atoms with E-state index in [1.165, 1.54) is 6.42 Å². The lowest BCUT2D eigenvalue weighted by molar-refractivity contribution is 0.0857. The molecule has 6 nitrogen and oxygen atoms in total. The van der Waals surface area contributed by atoms with Crippen LogP contribution >= 0.6 is 24.0 Å². The molecule has 1 saturated heterocycles. The van der Waals surface area contributed by atoms with Crippen molar-refractivity contribution in [1.29, 1.82) is 0 Å². The highest BCUT2D eigenvalue weighted by molar-refractivity contribution is 14.0. The second-order valence-electron chi connectivity index (χ2n) is 7.99. The standard InChI is InChI=1S/C22H36N4O2.HI/c1-16(2)10-11-17(3)26-22(23-4)25-14-18-7-5-8-19(13-18)21(27)24-15-20-9-6-12-28-20;/h5,7-8,13,16-17,20H,6,9-12,14-15H2,1-4H3,(H,24,27)(H2,23,25,26);1H. The number of guanidine groups is 1. The number of benzene rings is 1. The van der Waals surface area contributed by atoms with Crippen molar-refractivity contribution in [3.05, 3.63) is 35.4 Å². The number of hydrogen-bond donors (Lipinski definition) is 3. The van der Waals surface area contributed by atoms with Gasteiger partial charge in [0.25, 0.3) is 5.91 Å². The molecule has 2 atom stereocenters. The first-order valence-corrected chi connectivity index (χ1v) is 10.4. The molecule has 7 heteroatoms. The Morgan fingerprint density at radius 3 is 2.69 bits per heavy atom. The number of rotatable bonds is 9. The van der Waals surface area contributed by atoms with Gasteiger partial charge in [-0.05, 0) is 56.2 Å². The molecule has 164 valence electrons. The highest BCUT2D eigenvalue weighted by Crippen LogP contribution is 2.11. The Bertz CT molecular complexity index is 645. The molecule has 0 saturated carbocycles. The van der Waals surface area contributed by atoms with Gasteiger partial charge in [-0.25, -0.2) is 0 Å². The van der Waals surface area contributed by atoms with Crippen LogP contribution in [0.3, 0.4) is 0 Å². The lowest BCUT2D eigenvalue weighted by atomic mass is 10.0. The van der Waals surface area contributed by atoms with Crippen LogP contribution in [0.4, 0.5) is 0 Å². The number of halogens is 1. The molecular formula is C22H37IN4O2. The second-order valence-corrected chi connectivity index (χ2v) is 7.99. The van der Waals surface area contributed by atoms with Crippen LogP contribution in [0.5, 0.6) is 0 Å². The summed E-state index contributed by atoms with van der Waals surface area (Å²) in [5.74, 6) is 1.43. The van der Waals surface area contributed by atoms with E-state index in [1.54, 1.807) is 7.05 Å². The van der Waals surface area contributed by atoms with E-state index >= 15 is 0 Å². The topological polar surface area (TPSA) is 74.8 Å². The van der Waals surface area contributed by atoms with Crippen LogP contribution in [0.1, 0.15) is 62.4 Å². The number of nitrogens with zero attached hydrogens (tertiary/aromatic N) is 1. The van der Waals surface area contributed by atoms with Gasteiger partial charge in [-0.2, -0.15) is 0 Å². The summed E-state index contributed by atoms with van der Waals surface area (Å²) in [7, 11) is 1.78. The average molecular weight is 516 g/mol. The van der Waals surface area contributed by atoms with Gasteiger partial charge < -0.3 is 20.7 Å². The van der Waals surface area contributed by atoms with E-state index in [0.29, 0.717) is 30.6 Å². The van der Waals surface area contributed by atoms with Gasteiger partial charge in [-0.3, -0.25) is 9.79 Å². The largest absolute Gasteiger partial charge is 0.376 e. The molecule has 0 radical (unpaired) electrons. The van der Waals surface area contributed by atoms with Gasteiger partial charge in [0.1, 0.15) is 0 Å². The van der Waals surface area contributed by atoms with Crippen LogP contribution in [-0.4, -0.2) is 44.2 Å². The Morgan fingerprint density at radius 1 is 1.24 bits per heavy atom. The fourth-order valence-electron chi connectivity index (χ4n) is 3.21. The number of amides is 1. The molecule has 1 fully saturated rings. The number of ether oxygens (including phenoxy) is 1. The lowest BCUT2D eigenvalue weighted by Crippen LogP contribution is -2.42. The van der Waals surface area contributed by atoms with Crippen molar-refractivity contribution in [3.8, 4) is 0 Å². The molecule has 0 spiro atoms. The first kappa shape index (κ1) is 25.7. The first-order chi connectivity index (χ1) is 13.5. The second kappa shape index (κ2) is 13.8. The lowest BCUT2D eigenvalue weighted by Gasteiger charge is -2.19. The van der Waals surface area contributed by atoms with Crippen molar-refractivity contribution in [2.24, 2.45) is 10.9 Å². The van der Waals surface area contributed by atoms with E-state index in [1.807, 2.05) is 24.3 Å². The summed E-state index contributed by atoms with van der Waals surface area (Å²) in [6, 6.07) is 8.06. The van der Waals surface area contributed by atoms with Crippen LogP contribution in [0.2, 0.25) is 0 Å². The first-order valence-electron chi connectivity index (χ1n) is 10.4. The van der Waals surface area contributed by atoms with E-state index in [-0.39, 0.29) is 36.0 Å². The third kappa shape index (κ3) is 9.80. The monoisotopic (exact) mass is 516 g/mol. The fraction of sp³-hybridized carbons (Fsp3) is 0.636. The normalized spacial score (nSPS) is 17.6. The van der Waals surface area contributed by atoms with Gasteiger partial charge in [0.2, 0.25) is 0 Å². The SMILES string of the molecule is CN=C(NCc1cccc(C(=O)NCC2CCCO2)c1)NC(C)CCC(C)C.I. The van der Waals surface area contributed by atoms with Gasteiger partial charge in [0.05, 0.1) is 6.10 Å². The zero-order valence-electron chi connectivity index (χ0n) is 18.2. The molecular weight excluding hydrogens is 479 g/mol. The Kier molecular flexibility index (Phi) is 12.2. The highest BCUT2D eigenvalue weighted by atomic mass is 127. The number of nitrogens with one attached hydrogen (secondary N) is 3. The zero-order valence-corrected chi connectivity index (χ0v) is 20.5. The van der Waals surface area contributed by atoms with Crippen molar-refractivity contribution >= 4 is 35.8 Å². The van der Waals surface area contributed by atoms with Crippen molar-refractivity contribution < 1.29 is 9.53 Å². The molecule has 0 aromatic heterocycles. The molecule has 0 bridgehead atoms. The number of carbonyl (C=O) groups is 1. The minimum atomic E-state index is -0.0536. The molecule has 1 aromatic rings. The summed E-state index contributed by atoms with van der Waals surface area (Å²) < 4.78 is 5.56. The maximum atomic E-state index is 12.4. The van der Waals surface area contributed by atoms with Crippen molar-refractivity contribution in [2.75, 3.05) is 20.2 Å². The van der Waals surface area contributed by atoms with E-state index in [0.717, 1.165) is 37.4 Å². The highest BCUT2D eigenvalue weighted by Gasteiger charge is 2.16. The van der Waals surface area contributed by atoms with Crippen LogP contribution in [0.15, 0.2) is 29.3 Å². The Morgan fingerprint density at radius 2 is 2.03 bits per heavy atom. The molecule has 1 aliphatic heterocycles. The van der Waals surface area contributed by atoms with E-state index in [2.05, 4.69) is 41.7 Å². The summed E-state index contributed by atoms with van der Waals surface area (Å²) in [5.41, 5.74) is 1.72. The maximum Gasteiger partial charge on any atom is 0.251 e. The van der Waals surface area contributed by atoms with E-state index in [4.69, 9.17) is 4.74 Å². The van der Waals surface area contributed by atoms with Crippen LogP contribution in [-0.2, 0) is 11.3 Å². The summed E-state index contributed by atoms with van der Waals surface area (Å²) in [6.07, 6.45) is 4.55. The van der Waals surface area contributed by atoms with Crippen LogP contribution < -0.4 is 16.0 Å². The molecule has 0 aliphatic carbocycles. The third-order valence-corrected chi connectivity index (χ3v) is 4.95. The van der Waals surface area contributed by atoms with E-state index in [9.17, 15) is 4.79 Å². The predicted molar refractivity (Wildman–Crippen MR) is 130 cm³/mol. The number of carbonyl (C=O) groups excluding carboxylic acids is 1. The van der Waals surface area contributed by atoms with Gasteiger partial charge in [0.15, 0.2) is 5.96 Å². The van der Waals surface area contributed by atoms with Crippen LogP contribution in [0, 0.1) is 5.92 Å². The summed E-state index contributed by atoms with van der Waals surface area (Å²) in [4.78, 5) is 16.7. The van der Waals surface area contributed by atoms with Gasteiger partial charge in [0, 0.05) is 38.3 Å². The van der Waals surface area contributed by atoms with Gasteiger partial charge >= 0.3 is 0 Å². The Balaban J connectivity index is 0.00000420. The van der Waals surface area contributed by atoms with E-state index < -0.39 is 0 Å². The molecule has 3 N–H and O–H groups in total. The molecule has 2 unspecified atom stereocenters. The molecule has 1 amide bonds. The average Bonchev–Trinajstić information content (AvgIpc) is 3.21. The zero-order chi connectivity index (χ0) is 20.4. The minimum Gasteiger partial charge on any atom is -0.376 e. The minimum absolute atomic E-state index is 0. The van der Waals surface area contributed by atoms with Crippen molar-refractivity contribution in [3.63, 3.8) is 0 Å². The quantitative estimate of drug-likeness (QED) is 0.266. The van der Waals surface area contributed by atoms with Crippen molar-refractivity contribution in [1.82, 2.24) is 16.0 Å². The number of aliphatic imine (C=N–C) groups is 1. The fourth-order valence-corrected chi connectivity index (χ4v) is 3.21. The van der Waals surface area contributed by atoms with Gasteiger partial charge in [-0.15, -0.1) is 24.0 Å². The number of hydrogen-bond acceptors (Lipinski definition) is 3. The molecule has 1 aliphatic rings. The Hall–Kier alpha value is -1.35. The molecule has 29 heavy (non-hydrogen) atoms. The Labute approximate surface area is 192 Å². The molecule has 2 rings (SSSR count). The summed E-state index contributed by atoms with van der Waals surface area (Å²) >= 11 is 0. The molecule has 1 heterocycles. The van der Waals surface area contributed by atoms with Crippen molar-refractivity contribution in [2.45, 2.75) is 65.1 Å². The van der Waals surface area contributed by atoms with Gasteiger partial charge in [-0.1, -0.05) is 26.0 Å². The third-order valence-electron chi connectivity index (χ3n) is 4.95. The smallest absolute Gasteiger partial charge is 0.251 e. The van der Waals surface area contributed by atoms with Crippen LogP contribution in [0.25, 0.3) is 0 Å². The summed E-state index contributed by atoms with van der Waals surface area (Å²) in [6.45, 7) is 8.64. The molecule has 1 aromatic carbocycles. The predicted octanol–water partition coefficient (Wildman–Crippen LogP) is 3.70. The maximum absolute atomic E-state index is 12.4. The summed E-state index contributed by atoms with van der Waals surface area (Å²) in [5, 5.41) is 9.73.